The molecule has 0 radical (unpaired) electrons. The molecule has 1 unspecified atom stereocenters. The highest BCUT2D eigenvalue weighted by Crippen LogP contribution is 2.32. The molecule has 2 N–H and O–H groups in total. The van der Waals surface area contributed by atoms with Gasteiger partial charge in [0.1, 0.15) is 11.7 Å². The van der Waals surface area contributed by atoms with Crippen LogP contribution in [0.2, 0.25) is 0 Å². The van der Waals surface area contributed by atoms with Gasteiger partial charge in [0, 0.05) is 5.69 Å². The standard InChI is InChI=1S/C15H15N3O3/c19-14(17-13(15(20)21)10-6-7-10)12-8-16-9-18(12)11-4-2-1-3-5-11/h1-5,8-10,13H,6-7H2,(H,17,19)(H,20,21). The van der Waals surface area contributed by atoms with Gasteiger partial charge in [-0.1, -0.05) is 18.2 Å². The van der Waals surface area contributed by atoms with Gasteiger partial charge in [-0.25, -0.2) is 9.78 Å². The number of carboxylic acid groups (broad SMARTS) is 1. The van der Waals surface area contributed by atoms with E-state index in [1.807, 2.05) is 30.3 Å². The molecule has 6 nitrogen and oxygen atoms in total. The summed E-state index contributed by atoms with van der Waals surface area (Å²) in [5.41, 5.74) is 1.13. The van der Waals surface area contributed by atoms with Crippen LogP contribution in [0.15, 0.2) is 42.9 Å². The lowest BCUT2D eigenvalue weighted by molar-refractivity contribution is -0.139. The number of amides is 1. The Morgan fingerprint density at radius 3 is 2.62 bits per heavy atom. The van der Waals surface area contributed by atoms with Crippen molar-refractivity contribution in [3.8, 4) is 5.69 Å². The van der Waals surface area contributed by atoms with Crippen LogP contribution in [-0.4, -0.2) is 32.6 Å². The fourth-order valence-electron chi connectivity index (χ4n) is 2.28. The highest BCUT2D eigenvalue weighted by molar-refractivity contribution is 5.95. The van der Waals surface area contributed by atoms with E-state index in [2.05, 4.69) is 10.3 Å². The summed E-state index contributed by atoms with van der Waals surface area (Å²) >= 11 is 0. The van der Waals surface area contributed by atoms with E-state index in [9.17, 15) is 14.7 Å². The Morgan fingerprint density at radius 1 is 1.29 bits per heavy atom. The monoisotopic (exact) mass is 285 g/mol. The number of benzene rings is 1. The van der Waals surface area contributed by atoms with Crippen LogP contribution < -0.4 is 5.32 Å². The summed E-state index contributed by atoms with van der Waals surface area (Å²) < 4.78 is 1.64. The predicted molar refractivity (Wildman–Crippen MR) is 75.2 cm³/mol. The maximum absolute atomic E-state index is 12.3. The van der Waals surface area contributed by atoms with Crippen molar-refractivity contribution in [3.63, 3.8) is 0 Å². The molecule has 1 amide bonds. The van der Waals surface area contributed by atoms with Crippen molar-refractivity contribution < 1.29 is 14.7 Å². The smallest absolute Gasteiger partial charge is 0.326 e. The molecule has 1 atom stereocenters. The zero-order chi connectivity index (χ0) is 14.8. The van der Waals surface area contributed by atoms with Gasteiger partial charge >= 0.3 is 5.97 Å². The second-order valence-electron chi connectivity index (χ2n) is 5.11. The maximum atomic E-state index is 12.3. The molecular weight excluding hydrogens is 270 g/mol. The third-order valence-electron chi connectivity index (χ3n) is 3.55. The molecule has 1 aromatic carbocycles. The Morgan fingerprint density at radius 2 is 2.00 bits per heavy atom. The zero-order valence-corrected chi connectivity index (χ0v) is 11.3. The van der Waals surface area contributed by atoms with Crippen LogP contribution in [0.3, 0.4) is 0 Å². The fourth-order valence-corrected chi connectivity index (χ4v) is 2.28. The third kappa shape index (κ3) is 2.79. The largest absolute Gasteiger partial charge is 0.480 e. The number of aromatic nitrogens is 2. The molecular formula is C15H15N3O3. The molecule has 1 saturated carbocycles. The summed E-state index contributed by atoms with van der Waals surface area (Å²) in [6, 6.07) is 8.50. The van der Waals surface area contributed by atoms with Gasteiger partial charge in [0.2, 0.25) is 0 Å². The maximum Gasteiger partial charge on any atom is 0.326 e. The zero-order valence-electron chi connectivity index (χ0n) is 11.3. The quantitative estimate of drug-likeness (QED) is 0.871. The Bertz CT molecular complexity index is 662. The Balaban J connectivity index is 1.82. The van der Waals surface area contributed by atoms with E-state index < -0.39 is 17.9 Å². The van der Waals surface area contributed by atoms with Crippen molar-refractivity contribution in [2.24, 2.45) is 5.92 Å². The minimum Gasteiger partial charge on any atom is -0.480 e. The van der Waals surface area contributed by atoms with E-state index in [0.29, 0.717) is 5.69 Å². The molecule has 1 aromatic heterocycles. The summed E-state index contributed by atoms with van der Waals surface area (Å²) in [7, 11) is 0. The van der Waals surface area contributed by atoms with Gasteiger partial charge in [-0.2, -0.15) is 0 Å². The van der Waals surface area contributed by atoms with Crippen molar-refractivity contribution in [1.82, 2.24) is 14.9 Å². The summed E-state index contributed by atoms with van der Waals surface area (Å²) in [6.07, 6.45) is 4.66. The molecule has 0 spiro atoms. The van der Waals surface area contributed by atoms with Crippen LogP contribution in [0.5, 0.6) is 0 Å². The molecule has 3 rings (SSSR count). The third-order valence-corrected chi connectivity index (χ3v) is 3.55. The van der Waals surface area contributed by atoms with Crippen molar-refractivity contribution in [1.29, 1.82) is 0 Å². The van der Waals surface area contributed by atoms with Gasteiger partial charge in [0.15, 0.2) is 0 Å². The Hall–Kier alpha value is -2.63. The number of aliphatic carboxylic acids is 1. The molecule has 1 aliphatic carbocycles. The van der Waals surface area contributed by atoms with Crippen molar-refractivity contribution in [2.45, 2.75) is 18.9 Å². The van der Waals surface area contributed by atoms with Crippen LogP contribution in [0, 0.1) is 5.92 Å². The van der Waals surface area contributed by atoms with Crippen LogP contribution in [0.25, 0.3) is 5.69 Å². The lowest BCUT2D eigenvalue weighted by Gasteiger charge is -2.14. The van der Waals surface area contributed by atoms with Gasteiger partial charge in [-0.15, -0.1) is 0 Å². The fraction of sp³-hybridized carbons (Fsp3) is 0.267. The molecule has 1 aliphatic rings. The first-order valence-electron chi connectivity index (χ1n) is 6.78. The SMILES string of the molecule is O=C(NC(C(=O)O)C1CC1)c1cncn1-c1ccccc1. The summed E-state index contributed by atoms with van der Waals surface area (Å²) in [4.78, 5) is 27.5. The van der Waals surface area contributed by atoms with Gasteiger partial charge in [0.05, 0.1) is 12.5 Å². The van der Waals surface area contributed by atoms with Gasteiger partial charge in [0.25, 0.3) is 5.91 Å². The number of hydrogen-bond donors (Lipinski definition) is 2. The van der Waals surface area contributed by atoms with Crippen molar-refractivity contribution >= 4 is 11.9 Å². The van der Waals surface area contributed by atoms with Crippen LogP contribution in [0.1, 0.15) is 23.3 Å². The molecule has 21 heavy (non-hydrogen) atoms. The summed E-state index contributed by atoms with van der Waals surface area (Å²) in [6.45, 7) is 0. The van der Waals surface area contributed by atoms with Crippen molar-refractivity contribution in [3.05, 3.63) is 48.5 Å². The van der Waals surface area contributed by atoms with Gasteiger partial charge in [-0.3, -0.25) is 9.36 Å². The van der Waals surface area contributed by atoms with E-state index in [1.165, 1.54) is 12.5 Å². The number of carbonyl (C=O) groups excluding carboxylic acids is 1. The van der Waals surface area contributed by atoms with Crippen LogP contribution >= 0.6 is 0 Å². The predicted octanol–water partition coefficient (Wildman–Crippen LogP) is 1.47. The molecule has 2 aromatic rings. The van der Waals surface area contributed by atoms with Crippen molar-refractivity contribution in [2.75, 3.05) is 0 Å². The number of carbonyl (C=O) groups is 2. The average Bonchev–Trinajstić information content (AvgIpc) is 3.20. The molecule has 1 heterocycles. The van der Waals surface area contributed by atoms with Crippen LogP contribution in [0.4, 0.5) is 0 Å². The Labute approximate surface area is 121 Å². The molecule has 0 saturated heterocycles. The van der Waals surface area contributed by atoms with Gasteiger partial charge in [-0.05, 0) is 30.9 Å². The van der Waals surface area contributed by atoms with E-state index in [4.69, 9.17) is 0 Å². The van der Waals surface area contributed by atoms with Crippen LogP contribution in [-0.2, 0) is 4.79 Å². The summed E-state index contributed by atoms with van der Waals surface area (Å²) in [5.74, 6) is -1.37. The van der Waals surface area contributed by atoms with E-state index in [0.717, 1.165) is 18.5 Å². The number of nitrogens with one attached hydrogen (secondary N) is 1. The highest BCUT2D eigenvalue weighted by Gasteiger charge is 2.37. The number of carboxylic acids is 1. The molecule has 108 valence electrons. The second-order valence-corrected chi connectivity index (χ2v) is 5.11. The first-order chi connectivity index (χ1) is 10.2. The average molecular weight is 285 g/mol. The first kappa shape index (κ1) is 13.4. The minimum absolute atomic E-state index is 0.0412. The second kappa shape index (κ2) is 5.40. The van der Waals surface area contributed by atoms with E-state index in [-0.39, 0.29) is 5.92 Å². The number of imidazole rings is 1. The number of nitrogens with zero attached hydrogens (tertiary/aromatic N) is 2. The van der Waals surface area contributed by atoms with E-state index in [1.54, 1.807) is 4.57 Å². The number of para-hydroxylation sites is 1. The lowest BCUT2D eigenvalue weighted by Crippen LogP contribution is -2.42. The van der Waals surface area contributed by atoms with Gasteiger partial charge < -0.3 is 10.4 Å². The lowest BCUT2D eigenvalue weighted by atomic mass is 10.2. The number of rotatable bonds is 5. The highest BCUT2D eigenvalue weighted by atomic mass is 16.4. The molecule has 1 fully saturated rings. The van der Waals surface area contributed by atoms with E-state index >= 15 is 0 Å². The summed E-state index contributed by atoms with van der Waals surface area (Å²) in [5, 5.41) is 11.8. The minimum atomic E-state index is -0.989. The number of hydrogen-bond acceptors (Lipinski definition) is 3. The normalized spacial score (nSPS) is 15.4. The Kier molecular flexibility index (Phi) is 3.43. The molecule has 0 aliphatic heterocycles. The topological polar surface area (TPSA) is 84.2 Å². The molecule has 6 heteroatoms. The first-order valence-corrected chi connectivity index (χ1v) is 6.78. The molecule has 0 bridgehead atoms.